The number of amides is 2. The molecule has 0 bridgehead atoms. The van der Waals surface area contributed by atoms with E-state index in [0.717, 1.165) is 19.4 Å². The molecule has 24 heavy (non-hydrogen) atoms. The predicted molar refractivity (Wildman–Crippen MR) is 92.4 cm³/mol. The number of methoxy groups -OCH3 is 1. The Kier molecular flexibility index (Phi) is 9.44. The third-order valence-electron chi connectivity index (χ3n) is 3.88. The van der Waals surface area contributed by atoms with E-state index in [9.17, 15) is 9.59 Å². The molecule has 0 saturated carbocycles. The Morgan fingerprint density at radius 2 is 2.17 bits per heavy atom. The average Bonchev–Trinajstić information content (AvgIpc) is 3.11. The number of hydrogen-bond acceptors (Lipinski definition) is 5. The highest BCUT2D eigenvalue weighted by atomic mass is 35.5. The molecule has 0 aliphatic carbocycles. The van der Waals surface area contributed by atoms with Crippen molar-refractivity contribution in [1.29, 1.82) is 0 Å². The molecule has 7 nitrogen and oxygen atoms in total. The lowest BCUT2D eigenvalue weighted by molar-refractivity contribution is -0.126. The first-order valence-electron chi connectivity index (χ1n) is 8.06. The van der Waals surface area contributed by atoms with Crippen molar-refractivity contribution in [2.45, 2.75) is 25.3 Å². The first kappa shape index (κ1) is 20.5. The zero-order valence-corrected chi connectivity index (χ0v) is 14.8. The number of furan rings is 1. The molecule has 2 amide bonds. The minimum absolute atomic E-state index is 0. The van der Waals surface area contributed by atoms with Gasteiger partial charge in [-0.15, -0.1) is 12.4 Å². The standard InChI is InChI=1S/C16H25N3O4.ClH/c1-22-12-9-17-7-8-18-15(20)13-5-2-3-10-19(13)16(21)14-6-4-11-23-14;/h4,6,11,13,17H,2-3,5,7-10,12H2,1H3,(H,18,20);1H. The molecule has 1 atom stereocenters. The van der Waals surface area contributed by atoms with E-state index >= 15 is 0 Å². The van der Waals surface area contributed by atoms with Gasteiger partial charge < -0.3 is 24.7 Å². The van der Waals surface area contributed by atoms with Crippen LogP contribution in [0, 0.1) is 0 Å². The Labute approximate surface area is 148 Å². The van der Waals surface area contributed by atoms with Gasteiger partial charge in [-0.3, -0.25) is 9.59 Å². The van der Waals surface area contributed by atoms with E-state index in [2.05, 4.69) is 10.6 Å². The van der Waals surface area contributed by atoms with Crippen molar-refractivity contribution in [2.75, 3.05) is 39.9 Å². The normalized spacial score (nSPS) is 17.2. The summed E-state index contributed by atoms with van der Waals surface area (Å²) in [6.07, 6.45) is 4.02. The molecule has 8 heteroatoms. The zero-order valence-electron chi connectivity index (χ0n) is 14.0. The number of rotatable bonds is 8. The van der Waals surface area contributed by atoms with Gasteiger partial charge >= 0.3 is 0 Å². The first-order valence-corrected chi connectivity index (χ1v) is 8.06. The Hall–Kier alpha value is -1.57. The maximum Gasteiger partial charge on any atom is 0.290 e. The Balaban J connectivity index is 0.00000288. The van der Waals surface area contributed by atoms with Gasteiger partial charge in [0.05, 0.1) is 12.9 Å². The van der Waals surface area contributed by atoms with Crippen molar-refractivity contribution in [2.24, 2.45) is 0 Å². The first-order chi connectivity index (χ1) is 11.2. The number of hydrogen-bond donors (Lipinski definition) is 2. The molecule has 2 rings (SSSR count). The Bertz CT molecular complexity index is 496. The summed E-state index contributed by atoms with van der Waals surface area (Å²) < 4.78 is 10.1. The topological polar surface area (TPSA) is 83.8 Å². The molecule has 1 aliphatic rings. The van der Waals surface area contributed by atoms with Crippen molar-refractivity contribution in [1.82, 2.24) is 15.5 Å². The molecule has 1 unspecified atom stereocenters. The quantitative estimate of drug-likeness (QED) is 0.678. The van der Waals surface area contributed by atoms with E-state index in [1.54, 1.807) is 24.1 Å². The van der Waals surface area contributed by atoms with Crippen LogP contribution in [-0.4, -0.2) is 62.7 Å². The summed E-state index contributed by atoms with van der Waals surface area (Å²) >= 11 is 0. The average molecular weight is 360 g/mol. The van der Waals surface area contributed by atoms with Crippen molar-refractivity contribution in [3.63, 3.8) is 0 Å². The third-order valence-corrected chi connectivity index (χ3v) is 3.88. The molecule has 1 fully saturated rings. The Morgan fingerprint density at radius 1 is 1.33 bits per heavy atom. The van der Waals surface area contributed by atoms with Crippen LogP contribution in [-0.2, 0) is 9.53 Å². The second kappa shape index (κ2) is 11.1. The number of ether oxygens (including phenoxy) is 1. The fraction of sp³-hybridized carbons (Fsp3) is 0.625. The van der Waals surface area contributed by atoms with Crippen molar-refractivity contribution in [3.05, 3.63) is 24.2 Å². The van der Waals surface area contributed by atoms with Crippen molar-refractivity contribution < 1.29 is 18.7 Å². The van der Waals surface area contributed by atoms with Crippen LogP contribution in [0.15, 0.2) is 22.8 Å². The summed E-state index contributed by atoms with van der Waals surface area (Å²) in [4.78, 5) is 26.5. The molecule has 136 valence electrons. The van der Waals surface area contributed by atoms with Gasteiger partial charge in [0.2, 0.25) is 5.91 Å². The van der Waals surface area contributed by atoms with E-state index in [0.29, 0.717) is 32.7 Å². The minimum atomic E-state index is -0.416. The van der Waals surface area contributed by atoms with E-state index < -0.39 is 6.04 Å². The highest BCUT2D eigenvalue weighted by Gasteiger charge is 2.33. The minimum Gasteiger partial charge on any atom is -0.459 e. The van der Waals surface area contributed by atoms with E-state index in [1.807, 2.05) is 0 Å². The summed E-state index contributed by atoms with van der Waals surface area (Å²) in [5.41, 5.74) is 0. The van der Waals surface area contributed by atoms with Crippen LogP contribution in [0.2, 0.25) is 0 Å². The highest BCUT2D eigenvalue weighted by Crippen LogP contribution is 2.20. The van der Waals surface area contributed by atoms with Crippen LogP contribution in [0.3, 0.4) is 0 Å². The third kappa shape index (κ3) is 5.81. The van der Waals surface area contributed by atoms with Gasteiger partial charge in [-0.25, -0.2) is 0 Å². The second-order valence-corrected chi connectivity index (χ2v) is 5.52. The fourth-order valence-electron chi connectivity index (χ4n) is 2.68. The Morgan fingerprint density at radius 3 is 2.88 bits per heavy atom. The van der Waals surface area contributed by atoms with Gasteiger partial charge in [-0.2, -0.15) is 0 Å². The van der Waals surface area contributed by atoms with Crippen LogP contribution in [0.4, 0.5) is 0 Å². The second-order valence-electron chi connectivity index (χ2n) is 5.52. The lowest BCUT2D eigenvalue weighted by atomic mass is 10.0. The molecule has 2 N–H and O–H groups in total. The summed E-state index contributed by atoms with van der Waals surface area (Å²) in [7, 11) is 1.65. The summed E-state index contributed by atoms with van der Waals surface area (Å²) in [6.45, 7) is 3.18. The predicted octanol–water partition coefficient (Wildman–Crippen LogP) is 1.05. The maximum absolute atomic E-state index is 12.4. The number of piperidine rings is 1. The fourth-order valence-corrected chi connectivity index (χ4v) is 2.68. The van der Waals surface area contributed by atoms with Gasteiger partial charge in [0.1, 0.15) is 6.04 Å². The van der Waals surface area contributed by atoms with Crippen LogP contribution in [0.25, 0.3) is 0 Å². The van der Waals surface area contributed by atoms with Crippen molar-refractivity contribution >= 4 is 24.2 Å². The SMILES string of the molecule is COCCNCCNC(=O)C1CCCCN1C(=O)c1ccco1.Cl. The number of halogens is 1. The molecule has 1 saturated heterocycles. The lowest BCUT2D eigenvalue weighted by Gasteiger charge is -2.34. The van der Waals surface area contributed by atoms with Crippen LogP contribution >= 0.6 is 12.4 Å². The largest absolute Gasteiger partial charge is 0.459 e. The molecule has 2 heterocycles. The molecular formula is C16H26ClN3O4. The molecule has 0 aromatic carbocycles. The van der Waals surface area contributed by atoms with E-state index in [-0.39, 0.29) is 30.0 Å². The smallest absolute Gasteiger partial charge is 0.290 e. The molecule has 1 aromatic heterocycles. The molecule has 1 aliphatic heterocycles. The van der Waals surface area contributed by atoms with Crippen molar-refractivity contribution in [3.8, 4) is 0 Å². The number of nitrogens with zero attached hydrogens (tertiary/aromatic N) is 1. The zero-order chi connectivity index (χ0) is 16.5. The van der Waals surface area contributed by atoms with E-state index in [1.165, 1.54) is 6.26 Å². The summed E-state index contributed by atoms with van der Waals surface area (Å²) in [5.74, 6) is -0.0304. The molecule has 0 spiro atoms. The van der Waals surface area contributed by atoms with E-state index in [4.69, 9.17) is 9.15 Å². The van der Waals surface area contributed by atoms with Gasteiger partial charge in [0, 0.05) is 33.3 Å². The monoisotopic (exact) mass is 359 g/mol. The van der Waals surface area contributed by atoms with Gasteiger partial charge in [-0.05, 0) is 31.4 Å². The summed E-state index contributed by atoms with van der Waals surface area (Å²) in [6, 6.07) is 2.89. The van der Waals surface area contributed by atoms with Gasteiger partial charge in [-0.1, -0.05) is 0 Å². The van der Waals surface area contributed by atoms with Crippen LogP contribution < -0.4 is 10.6 Å². The van der Waals surface area contributed by atoms with Gasteiger partial charge in [0.15, 0.2) is 5.76 Å². The maximum atomic E-state index is 12.4. The molecular weight excluding hydrogens is 334 g/mol. The number of carbonyl (C=O) groups is 2. The number of carbonyl (C=O) groups excluding carboxylic acids is 2. The number of likely N-dealkylation sites (tertiary alicyclic amines) is 1. The molecule has 1 aromatic rings. The van der Waals surface area contributed by atoms with Gasteiger partial charge in [0.25, 0.3) is 5.91 Å². The molecule has 0 radical (unpaired) electrons. The lowest BCUT2D eigenvalue weighted by Crippen LogP contribution is -2.52. The highest BCUT2D eigenvalue weighted by molar-refractivity contribution is 5.95. The summed E-state index contributed by atoms with van der Waals surface area (Å²) in [5, 5.41) is 6.06. The van der Waals surface area contributed by atoms with Crippen LogP contribution in [0.5, 0.6) is 0 Å². The van der Waals surface area contributed by atoms with Crippen LogP contribution in [0.1, 0.15) is 29.8 Å². The number of nitrogens with one attached hydrogen (secondary N) is 2.